The van der Waals surface area contributed by atoms with E-state index in [0.717, 1.165) is 29.7 Å². The molecule has 2 aromatic rings. The molecule has 11 heteroatoms. The third kappa shape index (κ3) is 6.78. The summed E-state index contributed by atoms with van der Waals surface area (Å²) < 4.78 is 28.8. The Balaban J connectivity index is 1.48. The van der Waals surface area contributed by atoms with Gasteiger partial charge in [0.25, 0.3) is 0 Å². The number of rotatable bonds is 8. The number of anilines is 1. The molecule has 2 heterocycles. The van der Waals surface area contributed by atoms with Gasteiger partial charge in [-0.2, -0.15) is 4.98 Å². The highest BCUT2D eigenvalue weighted by Crippen LogP contribution is 2.48. The summed E-state index contributed by atoms with van der Waals surface area (Å²) in [4.78, 5) is 23.1. The number of ether oxygens (including phenoxy) is 1. The van der Waals surface area contributed by atoms with E-state index in [1.165, 1.54) is 11.9 Å². The Morgan fingerprint density at radius 2 is 1.95 bits per heavy atom. The Kier molecular flexibility index (Phi) is 8.41. The van der Waals surface area contributed by atoms with Crippen molar-refractivity contribution >= 4 is 36.6 Å². The predicted octanol–water partition coefficient (Wildman–Crippen LogP) is 6.08. The largest absolute Gasteiger partial charge is 0.472 e. The molecule has 3 atom stereocenters. The average Bonchev–Trinajstić information content (AvgIpc) is 2.82. The predicted molar refractivity (Wildman–Crippen MR) is 145 cm³/mol. The zero-order chi connectivity index (χ0) is 26.8. The molecule has 1 fully saturated rings. The fourth-order valence-electron chi connectivity index (χ4n) is 4.86. The Labute approximate surface area is 222 Å². The number of benzene rings is 1. The van der Waals surface area contributed by atoms with Crippen molar-refractivity contribution < 1.29 is 23.2 Å². The molecule has 3 unspecified atom stereocenters. The molecule has 0 saturated heterocycles. The molecule has 0 radical (unpaired) electrons. The van der Waals surface area contributed by atoms with Crippen molar-refractivity contribution in [1.29, 1.82) is 0 Å². The quantitative estimate of drug-likeness (QED) is 0.230. The summed E-state index contributed by atoms with van der Waals surface area (Å²) >= 11 is 5.80. The number of aliphatic imine (C=N–C) groups is 1. The number of nitrogen functional groups attached to an aromatic ring is 1. The number of hydrogen-bond acceptors (Lipinski definition) is 8. The maximum absolute atomic E-state index is 12.2. The maximum Gasteiger partial charge on any atom is 0.472 e. The molecule has 1 aromatic heterocycles. The van der Waals surface area contributed by atoms with E-state index in [2.05, 4.69) is 22.1 Å². The molecule has 0 amide bonds. The van der Waals surface area contributed by atoms with Crippen LogP contribution in [-0.4, -0.2) is 44.3 Å². The number of phosphoric ester groups is 1. The Bertz CT molecular complexity index is 1220. The molecule has 0 spiro atoms. The van der Waals surface area contributed by atoms with Crippen LogP contribution in [0.3, 0.4) is 0 Å². The van der Waals surface area contributed by atoms with E-state index in [1.807, 2.05) is 39.0 Å². The van der Waals surface area contributed by atoms with Crippen LogP contribution in [0.5, 0.6) is 5.88 Å². The minimum absolute atomic E-state index is 0.0365. The number of alkyl halides is 1. The lowest BCUT2D eigenvalue weighted by Gasteiger charge is -2.33. The zero-order valence-corrected chi connectivity index (χ0v) is 23.2. The van der Waals surface area contributed by atoms with Crippen LogP contribution in [0.4, 0.5) is 11.5 Å². The summed E-state index contributed by atoms with van der Waals surface area (Å²) in [5, 5.41) is -0.366. The molecule has 3 N–H and O–H groups in total. The second-order valence-corrected chi connectivity index (χ2v) is 12.2. The zero-order valence-electron chi connectivity index (χ0n) is 21.6. The molecule has 200 valence electrons. The number of nitrogens with two attached hydrogens (primary N) is 1. The minimum Gasteiger partial charge on any atom is -0.459 e. The van der Waals surface area contributed by atoms with Crippen LogP contribution in [0.15, 0.2) is 47.2 Å². The summed E-state index contributed by atoms with van der Waals surface area (Å²) in [7, 11) is -4.11. The summed E-state index contributed by atoms with van der Waals surface area (Å²) in [6, 6.07) is 8.31. The highest BCUT2D eigenvalue weighted by atomic mass is 35.5. The van der Waals surface area contributed by atoms with Crippen molar-refractivity contribution in [2.45, 2.75) is 76.4 Å². The molecule has 1 aliphatic carbocycles. The fourth-order valence-corrected chi connectivity index (χ4v) is 6.07. The molecular weight excluding hydrogens is 515 g/mol. The number of aromatic nitrogens is 2. The van der Waals surface area contributed by atoms with Crippen LogP contribution in [0.2, 0.25) is 0 Å². The van der Waals surface area contributed by atoms with Gasteiger partial charge in [-0.05, 0) is 70.9 Å². The van der Waals surface area contributed by atoms with E-state index in [1.54, 1.807) is 6.92 Å². The van der Waals surface area contributed by atoms with Gasteiger partial charge in [0.1, 0.15) is 6.33 Å². The summed E-state index contributed by atoms with van der Waals surface area (Å²) in [5.41, 5.74) is 9.62. The normalized spacial score (nSPS) is 25.7. The van der Waals surface area contributed by atoms with Gasteiger partial charge in [0, 0.05) is 5.56 Å². The second kappa shape index (κ2) is 11.2. The Morgan fingerprint density at radius 1 is 1.27 bits per heavy atom. The van der Waals surface area contributed by atoms with Crippen molar-refractivity contribution in [2.24, 2.45) is 4.99 Å². The highest BCUT2D eigenvalue weighted by molar-refractivity contribution is 7.47. The first kappa shape index (κ1) is 27.7. The average molecular weight is 549 g/mol. The molecule has 9 nitrogen and oxygen atoms in total. The number of hydrogen-bond donors (Lipinski definition) is 2. The minimum atomic E-state index is -4.11. The molecule has 2 aliphatic rings. The molecule has 1 saturated carbocycles. The summed E-state index contributed by atoms with van der Waals surface area (Å²) in [6.45, 7) is 7.65. The maximum atomic E-state index is 12.2. The number of fused-ring (bicyclic) bond motifs is 1. The molecule has 4 rings (SSSR count). The first-order valence-corrected chi connectivity index (χ1v) is 14.3. The van der Waals surface area contributed by atoms with E-state index in [4.69, 9.17) is 36.1 Å². The highest BCUT2D eigenvalue weighted by Gasteiger charge is 2.38. The van der Waals surface area contributed by atoms with Gasteiger partial charge in [-0.3, -0.25) is 9.05 Å². The third-order valence-corrected chi connectivity index (χ3v) is 7.63. The van der Waals surface area contributed by atoms with Gasteiger partial charge in [0.05, 0.1) is 23.8 Å². The second-order valence-electron chi connectivity index (χ2n) is 10.1. The number of phosphoric acid groups is 1. The first-order valence-electron chi connectivity index (χ1n) is 12.4. The lowest BCUT2D eigenvalue weighted by atomic mass is 9.82. The standard InChI is InChI=1S/C26H34ClN4O5P/c1-16(2)13-26(4)23(31-22-24(28)29-15-30-25(22)35-26)20-7-5-18(6-8-20)19-9-11-21(12-10-19)36-37(32,33)34-14-17(3)27/h5-8,13,15,17,19,21H,9-12,14H2,1-4H3,(H,32,33)(H2,28,29,30). The molecule has 1 aliphatic heterocycles. The third-order valence-electron chi connectivity index (χ3n) is 6.46. The van der Waals surface area contributed by atoms with Crippen LogP contribution in [-0.2, 0) is 13.6 Å². The molecule has 1 aromatic carbocycles. The van der Waals surface area contributed by atoms with Crippen LogP contribution < -0.4 is 10.5 Å². The fraction of sp³-hybridized carbons (Fsp3) is 0.500. The summed E-state index contributed by atoms with van der Waals surface area (Å²) in [6.07, 6.45) is 6.12. The Hall–Kier alpha value is -2.29. The van der Waals surface area contributed by atoms with Crippen molar-refractivity contribution in [2.75, 3.05) is 12.3 Å². The van der Waals surface area contributed by atoms with Gasteiger partial charge in [-0.15, -0.1) is 11.6 Å². The van der Waals surface area contributed by atoms with Gasteiger partial charge >= 0.3 is 7.82 Å². The van der Waals surface area contributed by atoms with Gasteiger partial charge in [0.15, 0.2) is 17.1 Å². The number of nitrogens with zero attached hydrogens (tertiary/aromatic N) is 3. The molecule has 0 bridgehead atoms. The lowest BCUT2D eigenvalue weighted by molar-refractivity contribution is 0.0792. The van der Waals surface area contributed by atoms with Crippen LogP contribution in [0.1, 0.15) is 70.4 Å². The van der Waals surface area contributed by atoms with Crippen molar-refractivity contribution in [3.63, 3.8) is 0 Å². The van der Waals surface area contributed by atoms with E-state index >= 15 is 0 Å². The first-order chi connectivity index (χ1) is 17.5. The van der Waals surface area contributed by atoms with Crippen LogP contribution in [0, 0.1) is 0 Å². The van der Waals surface area contributed by atoms with Crippen molar-refractivity contribution in [1.82, 2.24) is 9.97 Å². The monoisotopic (exact) mass is 548 g/mol. The molecule has 37 heavy (non-hydrogen) atoms. The molecular formula is C26H34ClN4O5P. The van der Waals surface area contributed by atoms with E-state index in [-0.39, 0.29) is 23.9 Å². The van der Waals surface area contributed by atoms with Crippen LogP contribution >= 0.6 is 19.4 Å². The van der Waals surface area contributed by atoms with Gasteiger partial charge in [0.2, 0.25) is 5.88 Å². The van der Waals surface area contributed by atoms with Crippen LogP contribution in [0.25, 0.3) is 0 Å². The topological polar surface area (TPSA) is 129 Å². The number of halogens is 1. The number of allylic oxidation sites excluding steroid dienone is 1. The van der Waals surface area contributed by atoms with E-state index < -0.39 is 13.4 Å². The Morgan fingerprint density at radius 3 is 2.57 bits per heavy atom. The van der Waals surface area contributed by atoms with Gasteiger partial charge in [-0.25, -0.2) is 14.5 Å². The van der Waals surface area contributed by atoms with E-state index in [9.17, 15) is 9.46 Å². The van der Waals surface area contributed by atoms with Gasteiger partial charge in [-0.1, -0.05) is 29.8 Å². The SMILES string of the molecule is CC(C)=CC1(C)Oc2ncnc(N)c2N=C1c1ccc(C2CCC(OP(=O)(O)OCC(C)Cl)CC2)cc1. The lowest BCUT2D eigenvalue weighted by Crippen LogP contribution is -2.42. The van der Waals surface area contributed by atoms with Crippen molar-refractivity contribution in [3.8, 4) is 5.88 Å². The van der Waals surface area contributed by atoms with Crippen molar-refractivity contribution in [3.05, 3.63) is 53.4 Å². The van der Waals surface area contributed by atoms with Gasteiger partial charge < -0.3 is 15.4 Å². The smallest absolute Gasteiger partial charge is 0.459 e. The summed E-state index contributed by atoms with van der Waals surface area (Å²) in [5.74, 6) is 0.962. The van der Waals surface area contributed by atoms with E-state index in [0.29, 0.717) is 30.3 Å².